The second-order valence-electron chi connectivity index (χ2n) is 6.09. The van der Waals surface area contributed by atoms with Crippen LogP contribution in [0.1, 0.15) is 22.8 Å². The van der Waals surface area contributed by atoms with Crippen LogP contribution in [0.5, 0.6) is 0 Å². The summed E-state index contributed by atoms with van der Waals surface area (Å²) < 4.78 is 32.1. The fourth-order valence-corrected chi connectivity index (χ4v) is 4.43. The summed E-state index contributed by atoms with van der Waals surface area (Å²) >= 11 is 1.71. The Balaban J connectivity index is 1.64. The normalized spacial score (nSPS) is 17.2. The van der Waals surface area contributed by atoms with Gasteiger partial charge in [-0.15, -0.1) is 11.8 Å². The minimum absolute atomic E-state index is 0.0885. The van der Waals surface area contributed by atoms with Crippen molar-refractivity contribution in [2.24, 2.45) is 0 Å². The second-order valence-corrected chi connectivity index (χ2v) is 7.33. The molecule has 0 saturated carbocycles. The summed E-state index contributed by atoms with van der Waals surface area (Å²) in [6, 6.07) is 14.4. The van der Waals surface area contributed by atoms with Crippen molar-refractivity contribution in [3.05, 3.63) is 83.8 Å². The topological polar surface area (TPSA) is 16.4 Å². The molecule has 0 N–H and O–H groups in total. The molecule has 0 fully saturated rings. The molecule has 25 heavy (non-hydrogen) atoms. The van der Waals surface area contributed by atoms with Crippen LogP contribution in [0, 0.1) is 11.6 Å². The summed E-state index contributed by atoms with van der Waals surface area (Å²) in [7, 11) is 0. The Morgan fingerprint density at radius 1 is 1.08 bits per heavy atom. The molecule has 1 atom stereocenters. The van der Waals surface area contributed by atoms with E-state index in [1.165, 1.54) is 17.8 Å². The zero-order valence-electron chi connectivity index (χ0n) is 13.5. The Morgan fingerprint density at radius 2 is 1.96 bits per heavy atom. The predicted octanol–water partition coefficient (Wildman–Crippen LogP) is 5.80. The van der Waals surface area contributed by atoms with Gasteiger partial charge >= 0.3 is 0 Å². The van der Waals surface area contributed by atoms with Crippen LogP contribution in [-0.2, 0) is 6.54 Å². The molecule has 0 radical (unpaired) electrons. The number of rotatable bonds is 3. The summed E-state index contributed by atoms with van der Waals surface area (Å²) in [6.07, 6.45) is 4.29. The largest absolute Gasteiger partial charge is 0.472 e. The number of anilines is 1. The number of hydrogen-bond acceptors (Lipinski definition) is 3. The Bertz CT molecular complexity index is 866. The zero-order valence-corrected chi connectivity index (χ0v) is 14.3. The van der Waals surface area contributed by atoms with Crippen LogP contribution in [0.4, 0.5) is 14.5 Å². The van der Waals surface area contributed by atoms with E-state index in [-0.39, 0.29) is 5.25 Å². The highest BCUT2D eigenvalue weighted by Crippen LogP contribution is 2.45. The first-order chi connectivity index (χ1) is 12.2. The molecule has 0 bridgehead atoms. The Labute approximate surface area is 149 Å². The van der Waals surface area contributed by atoms with Gasteiger partial charge in [-0.1, -0.05) is 18.2 Å². The number of thioether (sulfide) groups is 1. The quantitative estimate of drug-likeness (QED) is 0.589. The Hall–Kier alpha value is -2.27. The lowest BCUT2D eigenvalue weighted by molar-refractivity contribution is 0.506. The van der Waals surface area contributed by atoms with Crippen molar-refractivity contribution >= 4 is 17.4 Å². The third-order valence-electron chi connectivity index (χ3n) is 4.41. The van der Waals surface area contributed by atoms with Gasteiger partial charge in [0.1, 0.15) is 0 Å². The van der Waals surface area contributed by atoms with Gasteiger partial charge in [0.05, 0.1) is 18.2 Å². The smallest absolute Gasteiger partial charge is 0.159 e. The minimum atomic E-state index is -0.802. The fourth-order valence-electron chi connectivity index (χ4n) is 3.14. The molecule has 0 spiro atoms. The highest BCUT2D eigenvalue weighted by atomic mass is 32.2. The van der Waals surface area contributed by atoms with Crippen molar-refractivity contribution in [3.63, 3.8) is 0 Å². The van der Waals surface area contributed by atoms with Gasteiger partial charge in [0, 0.05) is 28.8 Å². The molecule has 4 rings (SSSR count). The molecule has 5 heteroatoms. The molecule has 1 aliphatic rings. The average Bonchev–Trinajstić information content (AvgIpc) is 3.06. The molecule has 0 saturated heterocycles. The van der Waals surface area contributed by atoms with Gasteiger partial charge in [0.15, 0.2) is 11.6 Å². The second kappa shape index (κ2) is 6.92. The van der Waals surface area contributed by atoms with E-state index < -0.39 is 11.6 Å². The van der Waals surface area contributed by atoms with Crippen LogP contribution in [-0.4, -0.2) is 6.54 Å². The molecule has 2 aromatic carbocycles. The number of benzene rings is 2. The van der Waals surface area contributed by atoms with Crippen LogP contribution in [0.25, 0.3) is 0 Å². The number of halogens is 2. The van der Waals surface area contributed by atoms with E-state index in [0.29, 0.717) is 0 Å². The van der Waals surface area contributed by atoms with Crippen molar-refractivity contribution in [3.8, 4) is 0 Å². The molecule has 2 nitrogen and oxygen atoms in total. The number of hydrogen-bond donors (Lipinski definition) is 0. The molecule has 0 amide bonds. The fraction of sp³-hybridized carbons (Fsp3) is 0.200. The average molecular weight is 357 g/mol. The maximum atomic E-state index is 13.7. The molecular formula is C20H17F2NOS. The molecule has 0 aliphatic carbocycles. The molecule has 2 heterocycles. The van der Waals surface area contributed by atoms with E-state index in [2.05, 4.69) is 17.0 Å². The van der Waals surface area contributed by atoms with Gasteiger partial charge in [-0.05, 0) is 42.3 Å². The first-order valence-electron chi connectivity index (χ1n) is 8.17. The van der Waals surface area contributed by atoms with E-state index in [9.17, 15) is 8.78 Å². The SMILES string of the molecule is Fc1ccc([C@H]2CCN(Cc3ccoc3)c3ccccc3S2)cc1F. The highest BCUT2D eigenvalue weighted by molar-refractivity contribution is 7.99. The van der Waals surface area contributed by atoms with Gasteiger partial charge in [-0.2, -0.15) is 0 Å². The van der Waals surface area contributed by atoms with E-state index in [4.69, 9.17) is 4.42 Å². The lowest BCUT2D eigenvalue weighted by atomic mass is 10.1. The summed E-state index contributed by atoms with van der Waals surface area (Å²) in [4.78, 5) is 3.46. The summed E-state index contributed by atoms with van der Waals surface area (Å²) in [5, 5.41) is 0.0885. The van der Waals surface area contributed by atoms with Crippen molar-refractivity contribution < 1.29 is 13.2 Å². The van der Waals surface area contributed by atoms with Crippen LogP contribution in [0.2, 0.25) is 0 Å². The molecule has 1 aromatic heterocycles. The van der Waals surface area contributed by atoms with Crippen LogP contribution >= 0.6 is 11.8 Å². The van der Waals surface area contributed by atoms with E-state index in [1.54, 1.807) is 30.4 Å². The van der Waals surface area contributed by atoms with Gasteiger partial charge in [0.2, 0.25) is 0 Å². The number of fused-ring (bicyclic) bond motifs is 1. The van der Waals surface area contributed by atoms with Crippen LogP contribution in [0.15, 0.2) is 70.4 Å². The van der Waals surface area contributed by atoms with Crippen molar-refractivity contribution in [2.75, 3.05) is 11.4 Å². The van der Waals surface area contributed by atoms with Gasteiger partial charge in [-0.25, -0.2) is 8.78 Å². The van der Waals surface area contributed by atoms with Crippen LogP contribution in [0.3, 0.4) is 0 Å². The summed E-state index contributed by atoms with van der Waals surface area (Å²) in [5.41, 5.74) is 3.11. The van der Waals surface area contributed by atoms with Crippen molar-refractivity contribution in [1.82, 2.24) is 0 Å². The summed E-state index contributed by atoms with van der Waals surface area (Å²) in [6.45, 7) is 1.59. The summed E-state index contributed by atoms with van der Waals surface area (Å²) in [5.74, 6) is -1.59. The zero-order chi connectivity index (χ0) is 17.2. The van der Waals surface area contributed by atoms with Crippen molar-refractivity contribution in [2.45, 2.75) is 23.1 Å². The monoisotopic (exact) mass is 357 g/mol. The lowest BCUT2D eigenvalue weighted by Gasteiger charge is -2.23. The molecule has 128 valence electrons. The highest BCUT2D eigenvalue weighted by Gasteiger charge is 2.24. The van der Waals surface area contributed by atoms with Gasteiger partial charge in [-0.3, -0.25) is 0 Å². The first kappa shape index (κ1) is 16.2. The van der Waals surface area contributed by atoms with Crippen molar-refractivity contribution in [1.29, 1.82) is 0 Å². The molecule has 1 aliphatic heterocycles. The third kappa shape index (κ3) is 3.42. The van der Waals surface area contributed by atoms with E-state index >= 15 is 0 Å². The van der Waals surface area contributed by atoms with Gasteiger partial charge < -0.3 is 9.32 Å². The molecule has 0 unspecified atom stereocenters. The standard InChI is InChI=1S/C20H17F2NOS/c21-16-6-5-15(11-17(16)22)19-7-9-23(12-14-8-10-24-13-14)18-3-1-2-4-20(18)25-19/h1-6,8,10-11,13,19H,7,9,12H2/t19-/m1/s1. The van der Waals surface area contributed by atoms with Gasteiger partial charge in [0.25, 0.3) is 0 Å². The predicted molar refractivity (Wildman–Crippen MR) is 95.8 cm³/mol. The van der Waals surface area contributed by atoms with Crippen LogP contribution < -0.4 is 4.90 Å². The maximum absolute atomic E-state index is 13.7. The molecule has 3 aromatic rings. The number of para-hydroxylation sites is 1. The van der Waals surface area contributed by atoms with E-state index in [0.717, 1.165) is 35.5 Å². The van der Waals surface area contributed by atoms with E-state index in [1.807, 2.05) is 18.2 Å². The number of furan rings is 1. The first-order valence-corrected chi connectivity index (χ1v) is 9.05. The number of nitrogens with zero attached hydrogens (tertiary/aromatic N) is 1. The molecular weight excluding hydrogens is 340 g/mol. The Morgan fingerprint density at radius 3 is 2.76 bits per heavy atom. The Kier molecular flexibility index (Phi) is 4.49. The third-order valence-corrected chi connectivity index (χ3v) is 5.80. The maximum Gasteiger partial charge on any atom is 0.159 e. The minimum Gasteiger partial charge on any atom is -0.472 e. The lowest BCUT2D eigenvalue weighted by Crippen LogP contribution is -2.23.